The number of halogens is 1. The third-order valence-electron chi connectivity index (χ3n) is 3.64. The first-order valence-corrected chi connectivity index (χ1v) is 6.57. The molecule has 2 heteroatoms. The van der Waals surface area contributed by atoms with Crippen LogP contribution in [0.15, 0.2) is 66.7 Å². The molecule has 1 nitrogen and oxygen atoms in total. The van der Waals surface area contributed by atoms with Crippen molar-refractivity contribution in [3.05, 3.63) is 72.5 Å². The van der Waals surface area contributed by atoms with Gasteiger partial charge in [0.15, 0.2) is 0 Å². The van der Waals surface area contributed by atoms with Gasteiger partial charge in [-0.3, -0.25) is 0 Å². The summed E-state index contributed by atoms with van der Waals surface area (Å²) in [5, 5.41) is 3.32. The molecule has 0 radical (unpaired) electrons. The summed E-state index contributed by atoms with van der Waals surface area (Å²) >= 11 is 0. The lowest BCUT2D eigenvalue weighted by Crippen LogP contribution is -1.78. The first kappa shape index (κ1) is 11.2. The highest BCUT2D eigenvalue weighted by molar-refractivity contribution is 5.90. The Morgan fingerprint density at radius 3 is 2.45 bits per heavy atom. The molecule has 0 aliphatic carbocycles. The molecule has 0 saturated carbocycles. The zero-order valence-corrected chi connectivity index (χ0v) is 10.7. The zero-order valence-electron chi connectivity index (χ0n) is 10.7. The highest BCUT2D eigenvalue weighted by atomic mass is 19.1. The number of aromatic amines is 1. The summed E-state index contributed by atoms with van der Waals surface area (Å²) in [5.41, 5.74) is 3.08. The van der Waals surface area contributed by atoms with Gasteiger partial charge in [0.1, 0.15) is 5.82 Å². The molecule has 0 unspecified atom stereocenters. The van der Waals surface area contributed by atoms with Gasteiger partial charge < -0.3 is 4.98 Å². The molecule has 3 aromatic carbocycles. The quantitative estimate of drug-likeness (QED) is 0.489. The Bertz CT molecular complexity index is 921. The molecule has 0 atom stereocenters. The molecule has 0 amide bonds. The standard InChI is InChI=1S/C18H12FN/c19-16-7-8-17-15(10-16)11-18(20-17)14-6-5-12-3-1-2-4-13(12)9-14/h1-11,20H. The van der Waals surface area contributed by atoms with E-state index in [9.17, 15) is 4.39 Å². The molecule has 0 fully saturated rings. The van der Waals surface area contributed by atoms with Gasteiger partial charge in [-0.1, -0.05) is 36.4 Å². The van der Waals surface area contributed by atoms with Crippen molar-refractivity contribution < 1.29 is 4.39 Å². The number of aromatic nitrogens is 1. The number of rotatable bonds is 1. The molecule has 0 bridgehead atoms. The Morgan fingerprint density at radius 1 is 0.700 bits per heavy atom. The SMILES string of the molecule is Fc1ccc2[nH]c(-c3ccc4ccccc4c3)cc2c1. The van der Waals surface area contributed by atoms with E-state index in [0.29, 0.717) is 0 Å². The summed E-state index contributed by atoms with van der Waals surface area (Å²) in [6.07, 6.45) is 0. The van der Waals surface area contributed by atoms with Crippen LogP contribution in [0.2, 0.25) is 0 Å². The van der Waals surface area contributed by atoms with E-state index >= 15 is 0 Å². The van der Waals surface area contributed by atoms with Crippen molar-refractivity contribution in [2.24, 2.45) is 0 Å². The van der Waals surface area contributed by atoms with Crippen LogP contribution < -0.4 is 0 Å². The number of H-pyrrole nitrogens is 1. The summed E-state index contributed by atoms with van der Waals surface area (Å²) in [5.74, 6) is -0.207. The minimum absolute atomic E-state index is 0.207. The largest absolute Gasteiger partial charge is 0.355 e. The summed E-state index contributed by atoms with van der Waals surface area (Å²) in [6.45, 7) is 0. The number of benzene rings is 3. The second-order valence-corrected chi connectivity index (χ2v) is 4.98. The van der Waals surface area contributed by atoms with Gasteiger partial charge in [-0.05, 0) is 46.7 Å². The Balaban J connectivity index is 1.91. The lowest BCUT2D eigenvalue weighted by Gasteiger charge is -2.01. The Hall–Kier alpha value is -2.61. The predicted octanol–water partition coefficient (Wildman–Crippen LogP) is 5.13. The number of fused-ring (bicyclic) bond motifs is 2. The van der Waals surface area contributed by atoms with Gasteiger partial charge in [0.2, 0.25) is 0 Å². The highest BCUT2D eigenvalue weighted by Crippen LogP contribution is 2.27. The molecule has 1 aromatic heterocycles. The van der Waals surface area contributed by atoms with Crippen molar-refractivity contribution >= 4 is 21.7 Å². The average molecular weight is 261 g/mol. The highest BCUT2D eigenvalue weighted by Gasteiger charge is 2.05. The molecule has 96 valence electrons. The van der Waals surface area contributed by atoms with Crippen molar-refractivity contribution in [2.75, 3.05) is 0 Å². The summed E-state index contributed by atoms with van der Waals surface area (Å²) < 4.78 is 13.2. The molecule has 4 rings (SSSR count). The van der Waals surface area contributed by atoms with Crippen LogP contribution in [-0.2, 0) is 0 Å². The third kappa shape index (κ3) is 1.77. The smallest absolute Gasteiger partial charge is 0.123 e. The van der Waals surface area contributed by atoms with Crippen molar-refractivity contribution in [2.45, 2.75) is 0 Å². The molecule has 0 saturated heterocycles. The fourth-order valence-electron chi connectivity index (χ4n) is 2.62. The van der Waals surface area contributed by atoms with E-state index in [4.69, 9.17) is 0 Å². The van der Waals surface area contributed by atoms with Gasteiger partial charge in [-0.2, -0.15) is 0 Å². The molecule has 0 aliphatic rings. The molecule has 20 heavy (non-hydrogen) atoms. The van der Waals surface area contributed by atoms with Crippen LogP contribution in [0, 0.1) is 5.82 Å². The number of hydrogen-bond acceptors (Lipinski definition) is 0. The maximum atomic E-state index is 13.2. The summed E-state index contributed by atoms with van der Waals surface area (Å²) in [6, 6.07) is 21.4. The second-order valence-electron chi connectivity index (χ2n) is 4.98. The molecule has 1 heterocycles. The van der Waals surface area contributed by atoms with E-state index in [-0.39, 0.29) is 5.82 Å². The monoisotopic (exact) mass is 261 g/mol. The van der Waals surface area contributed by atoms with E-state index in [1.54, 1.807) is 12.1 Å². The van der Waals surface area contributed by atoms with Crippen LogP contribution in [0.5, 0.6) is 0 Å². The number of hydrogen-bond donors (Lipinski definition) is 1. The van der Waals surface area contributed by atoms with Gasteiger partial charge in [0.25, 0.3) is 0 Å². The predicted molar refractivity (Wildman–Crippen MR) is 81.2 cm³/mol. The first-order chi connectivity index (χ1) is 9.79. The lowest BCUT2D eigenvalue weighted by molar-refractivity contribution is 0.630. The molecular weight excluding hydrogens is 249 g/mol. The van der Waals surface area contributed by atoms with Gasteiger partial charge in [0, 0.05) is 16.6 Å². The number of nitrogens with one attached hydrogen (secondary N) is 1. The Kier molecular flexibility index (Phi) is 2.36. The van der Waals surface area contributed by atoms with E-state index in [0.717, 1.165) is 22.2 Å². The fraction of sp³-hybridized carbons (Fsp3) is 0. The van der Waals surface area contributed by atoms with Crippen molar-refractivity contribution in [1.29, 1.82) is 0 Å². The fourth-order valence-corrected chi connectivity index (χ4v) is 2.62. The van der Waals surface area contributed by atoms with Crippen LogP contribution in [0.1, 0.15) is 0 Å². The Morgan fingerprint density at radius 2 is 1.55 bits per heavy atom. The maximum Gasteiger partial charge on any atom is 0.123 e. The topological polar surface area (TPSA) is 15.8 Å². The van der Waals surface area contributed by atoms with Crippen LogP contribution in [0.4, 0.5) is 4.39 Å². The summed E-state index contributed by atoms with van der Waals surface area (Å²) in [4.78, 5) is 3.34. The molecule has 0 spiro atoms. The normalized spacial score (nSPS) is 11.2. The first-order valence-electron chi connectivity index (χ1n) is 6.57. The van der Waals surface area contributed by atoms with E-state index in [2.05, 4.69) is 35.3 Å². The van der Waals surface area contributed by atoms with Crippen molar-refractivity contribution in [3.8, 4) is 11.3 Å². The minimum atomic E-state index is -0.207. The van der Waals surface area contributed by atoms with E-state index < -0.39 is 0 Å². The molecule has 1 N–H and O–H groups in total. The summed E-state index contributed by atoms with van der Waals surface area (Å²) in [7, 11) is 0. The zero-order chi connectivity index (χ0) is 13.5. The van der Waals surface area contributed by atoms with Crippen LogP contribution in [-0.4, -0.2) is 4.98 Å². The third-order valence-corrected chi connectivity index (χ3v) is 3.64. The van der Waals surface area contributed by atoms with Crippen molar-refractivity contribution in [3.63, 3.8) is 0 Å². The van der Waals surface area contributed by atoms with Crippen LogP contribution in [0.3, 0.4) is 0 Å². The second kappa shape index (κ2) is 4.20. The molecular formula is C18H12FN. The van der Waals surface area contributed by atoms with Gasteiger partial charge in [0.05, 0.1) is 0 Å². The van der Waals surface area contributed by atoms with Crippen LogP contribution in [0.25, 0.3) is 32.9 Å². The van der Waals surface area contributed by atoms with Gasteiger partial charge in [-0.25, -0.2) is 4.39 Å². The Labute approximate surface area is 115 Å². The van der Waals surface area contributed by atoms with Gasteiger partial charge in [-0.15, -0.1) is 0 Å². The minimum Gasteiger partial charge on any atom is -0.355 e. The van der Waals surface area contributed by atoms with Crippen molar-refractivity contribution in [1.82, 2.24) is 4.98 Å². The lowest BCUT2D eigenvalue weighted by atomic mass is 10.1. The van der Waals surface area contributed by atoms with E-state index in [1.807, 2.05) is 18.2 Å². The average Bonchev–Trinajstić information content (AvgIpc) is 2.89. The molecule has 0 aliphatic heterocycles. The van der Waals surface area contributed by atoms with Crippen LogP contribution >= 0.6 is 0 Å². The molecule has 4 aromatic rings. The van der Waals surface area contributed by atoms with Gasteiger partial charge >= 0.3 is 0 Å². The van der Waals surface area contributed by atoms with E-state index in [1.165, 1.54) is 16.8 Å². The maximum absolute atomic E-state index is 13.2.